The number of benzene rings is 8. The van der Waals surface area contributed by atoms with Gasteiger partial charge >= 0.3 is 0 Å². The molecule has 0 aliphatic heterocycles. The van der Waals surface area contributed by atoms with Crippen LogP contribution in [-0.4, -0.2) is 19.5 Å². The van der Waals surface area contributed by atoms with Crippen molar-refractivity contribution >= 4 is 53.3 Å². The number of fused-ring (bicyclic) bond motifs is 6. The fraction of sp³-hybridized carbons (Fsp3) is 0. The maximum atomic E-state index is 9.97. The third kappa shape index (κ3) is 5.40. The first-order valence-corrected chi connectivity index (χ1v) is 18.9. The van der Waals surface area contributed by atoms with Crippen molar-refractivity contribution < 1.29 is 11.0 Å². The van der Waals surface area contributed by atoms with Crippen molar-refractivity contribution in [2.45, 2.75) is 0 Å². The van der Waals surface area contributed by atoms with Gasteiger partial charge in [-0.1, -0.05) is 164 Å². The Bertz CT molecular complexity index is 3640. The molecular formula is C51H32N4S. The summed E-state index contributed by atoms with van der Waals surface area (Å²) < 4.78 is 76.7. The van der Waals surface area contributed by atoms with Gasteiger partial charge in [-0.15, -0.1) is 11.3 Å². The monoisotopic (exact) mass is 740 g/mol. The van der Waals surface area contributed by atoms with Crippen LogP contribution < -0.4 is 0 Å². The molecule has 0 fully saturated rings. The Morgan fingerprint density at radius 1 is 0.429 bits per heavy atom. The van der Waals surface area contributed by atoms with Gasteiger partial charge in [-0.2, -0.15) is 0 Å². The fourth-order valence-electron chi connectivity index (χ4n) is 7.43. The Balaban J connectivity index is 1.31. The summed E-state index contributed by atoms with van der Waals surface area (Å²) >= 11 is 1.69. The predicted molar refractivity (Wildman–Crippen MR) is 234 cm³/mol. The zero-order chi connectivity index (χ0) is 44.0. The molecule has 0 amide bonds. The summed E-state index contributed by atoms with van der Waals surface area (Å²) in [5, 5.41) is 2.57. The second-order valence-electron chi connectivity index (χ2n) is 13.3. The summed E-state index contributed by atoms with van der Waals surface area (Å²) in [6.45, 7) is 0. The molecule has 0 aliphatic rings. The second-order valence-corrected chi connectivity index (χ2v) is 14.4. The van der Waals surface area contributed by atoms with Crippen molar-refractivity contribution in [2.24, 2.45) is 0 Å². The van der Waals surface area contributed by atoms with Crippen LogP contribution in [0.5, 0.6) is 0 Å². The van der Waals surface area contributed by atoms with Crippen LogP contribution in [0, 0.1) is 0 Å². The second kappa shape index (κ2) is 13.3. The van der Waals surface area contributed by atoms with Gasteiger partial charge in [0, 0.05) is 47.6 Å². The number of rotatable bonds is 6. The van der Waals surface area contributed by atoms with E-state index < -0.39 is 0 Å². The van der Waals surface area contributed by atoms with Crippen molar-refractivity contribution in [3.8, 4) is 62.1 Å². The summed E-state index contributed by atoms with van der Waals surface area (Å²) in [5.74, 6) is 1.14. The van der Waals surface area contributed by atoms with Crippen LogP contribution in [0.25, 0.3) is 104 Å². The largest absolute Gasteiger partial charge is 0.308 e. The number of aromatic nitrogens is 4. The predicted octanol–water partition coefficient (Wildman–Crippen LogP) is 13.7. The minimum Gasteiger partial charge on any atom is -0.308 e. The van der Waals surface area contributed by atoms with Crippen molar-refractivity contribution in [1.29, 1.82) is 0 Å². The average molecular weight is 741 g/mol. The highest BCUT2D eigenvalue weighted by atomic mass is 32.1. The quantitative estimate of drug-likeness (QED) is 0.170. The molecule has 0 spiro atoms. The molecule has 8 aromatic carbocycles. The molecule has 11 aromatic rings. The lowest BCUT2D eigenvalue weighted by Gasteiger charge is -2.17. The minimum atomic E-state index is -0.207. The summed E-state index contributed by atoms with van der Waals surface area (Å²) in [7, 11) is 0. The number of hydrogen-bond donors (Lipinski definition) is 0. The van der Waals surface area contributed by atoms with Crippen molar-refractivity contribution in [1.82, 2.24) is 19.5 Å². The molecule has 3 aromatic heterocycles. The summed E-state index contributed by atoms with van der Waals surface area (Å²) in [5.41, 5.74) is 4.76. The Kier molecular flexibility index (Phi) is 5.92. The molecule has 0 bridgehead atoms. The standard InChI is InChI=1S/C51H32N4S/c1-4-15-33(16-5-1)36-27-29-40-39-21-10-12-25-44(39)55(45(40)31-36)46-32-37(38-23-14-24-42-41-22-11-13-26-47(41)56-48(38)42)28-30-43(46)51-53-49(34-17-6-2-7-18-34)52-50(54-51)35-19-8-3-9-20-35/h1-32H/i1D,10D,15D,16D,21D,25D,29D,31D. The van der Waals surface area contributed by atoms with Crippen LogP contribution in [0.4, 0.5) is 0 Å². The lowest BCUT2D eigenvalue weighted by Crippen LogP contribution is -2.04. The first kappa shape index (κ1) is 25.0. The number of thiophene rings is 1. The van der Waals surface area contributed by atoms with Gasteiger partial charge in [0.15, 0.2) is 17.5 Å². The number of nitrogens with zero attached hydrogens (tertiary/aromatic N) is 4. The van der Waals surface area contributed by atoms with Gasteiger partial charge in [-0.3, -0.25) is 0 Å². The van der Waals surface area contributed by atoms with E-state index in [-0.39, 0.29) is 81.3 Å². The van der Waals surface area contributed by atoms with E-state index in [1.807, 2.05) is 97.1 Å². The zero-order valence-electron chi connectivity index (χ0n) is 37.6. The van der Waals surface area contributed by atoms with Crippen LogP contribution >= 0.6 is 11.3 Å². The van der Waals surface area contributed by atoms with Crippen molar-refractivity contribution in [3.05, 3.63) is 194 Å². The van der Waals surface area contributed by atoms with Crippen LogP contribution in [-0.2, 0) is 0 Å². The Hall–Kier alpha value is -7.21. The molecule has 3 heterocycles. The fourth-order valence-corrected chi connectivity index (χ4v) is 8.67. The van der Waals surface area contributed by atoms with Crippen LogP contribution in [0.2, 0.25) is 0 Å². The van der Waals surface area contributed by atoms with Gasteiger partial charge in [-0.05, 0) is 52.5 Å². The topological polar surface area (TPSA) is 43.6 Å². The minimum absolute atomic E-state index is 0.0237. The van der Waals surface area contributed by atoms with E-state index in [4.69, 9.17) is 20.4 Å². The number of para-hydroxylation sites is 1. The summed E-state index contributed by atoms with van der Waals surface area (Å²) in [6, 6.07) is 43.8. The summed E-state index contributed by atoms with van der Waals surface area (Å²) in [4.78, 5) is 15.1. The van der Waals surface area contributed by atoms with E-state index in [1.54, 1.807) is 15.9 Å². The molecule has 0 aliphatic carbocycles. The molecule has 0 saturated carbocycles. The van der Waals surface area contributed by atoms with Crippen molar-refractivity contribution in [2.75, 3.05) is 0 Å². The van der Waals surface area contributed by atoms with Gasteiger partial charge in [0.1, 0.15) is 0 Å². The van der Waals surface area contributed by atoms with Gasteiger partial charge in [0.25, 0.3) is 0 Å². The van der Waals surface area contributed by atoms with Gasteiger partial charge in [0.2, 0.25) is 0 Å². The van der Waals surface area contributed by atoms with E-state index in [1.165, 1.54) is 24.3 Å². The molecular weight excluding hydrogens is 701 g/mol. The Morgan fingerprint density at radius 2 is 1.11 bits per heavy atom. The Morgan fingerprint density at radius 3 is 1.89 bits per heavy atom. The molecule has 0 unspecified atom stereocenters. The smallest absolute Gasteiger partial charge is 0.166 e. The highest BCUT2D eigenvalue weighted by Gasteiger charge is 2.21. The van der Waals surface area contributed by atoms with Crippen molar-refractivity contribution in [3.63, 3.8) is 0 Å². The lowest BCUT2D eigenvalue weighted by atomic mass is 9.99. The van der Waals surface area contributed by atoms with Gasteiger partial charge < -0.3 is 4.57 Å². The highest BCUT2D eigenvalue weighted by molar-refractivity contribution is 7.26. The normalized spacial score (nSPS) is 13.6. The number of hydrogen-bond acceptors (Lipinski definition) is 4. The third-order valence-electron chi connectivity index (χ3n) is 10.0. The molecule has 0 radical (unpaired) electrons. The van der Waals surface area contributed by atoms with Gasteiger partial charge in [-0.25, -0.2) is 15.0 Å². The van der Waals surface area contributed by atoms with E-state index in [0.717, 1.165) is 42.4 Å². The lowest BCUT2D eigenvalue weighted by molar-refractivity contribution is 1.06. The molecule has 56 heavy (non-hydrogen) atoms. The third-order valence-corrected chi connectivity index (χ3v) is 11.2. The molecule has 11 rings (SSSR count). The first-order valence-electron chi connectivity index (χ1n) is 22.1. The molecule has 0 saturated heterocycles. The molecule has 262 valence electrons. The summed E-state index contributed by atoms with van der Waals surface area (Å²) in [6.07, 6.45) is 0. The van der Waals surface area contributed by atoms with E-state index >= 15 is 0 Å². The van der Waals surface area contributed by atoms with E-state index in [2.05, 4.69) is 24.3 Å². The first-order chi connectivity index (χ1) is 31.0. The zero-order valence-corrected chi connectivity index (χ0v) is 30.4. The Labute approximate surface area is 338 Å². The van der Waals surface area contributed by atoms with Crippen LogP contribution in [0.1, 0.15) is 11.0 Å². The molecule has 5 heteroatoms. The maximum Gasteiger partial charge on any atom is 0.166 e. The average Bonchev–Trinajstić information content (AvgIpc) is 3.88. The van der Waals surface area contributed by atoms with E-state index in [0.29, 0.717) is 28.7 Å². The van der Waals surface area contributed by atoms with Crippen LogP contribution in [0.15, 0.2) is 194 Å². The highest BCUT2D eigenvalue weighted by Crippen LogP contribution is 2.43. The molecule has 4 nitrogen and oxygen atoms in total. The van der Waals surface area contributed by atoms with Crippen LogP contribution in [0.3, 0.4) is 0 Å². The maximum absolute atomic E-state index is 9.97. The van der Waals surface area contributed by atoms with Gasteiger partial charge in [0.05, 0.1) is 27.7 Å². The van der Waals surface area contributed by atoms with E-state index in [9.17, 15) is 5.48 Å². The molecule has 0 N–H and O–H groups in total. The SMILES string of the molecule is [2H]c1cc([2H])c(-c2cc([2H])c3c4c([2H])c([2H])cc([2H])c4n(-c4cc(-c5cccc6c5sc5ccccc56)ccc4-c4nc(-c5ccccc5)nc(-c5ccccc5)n4)c3c2[2H])c([2H])c1. The molecule has 0 atom stereocenters.